The number of terminal acetylenes is 1. The van der Waals surface area contributed by atoms with Gasteiger partial charge in [0.2, 0.25) is 0 Å². The number of hydrogen-bond acceptors (Lipinski definition) is 1. The molecule has 1 rings (SSSR count). The first-order chi connectivity index (χ1) is 4.34. The highest BCUT2D eigenvalue weighted by Gasteiger charge is 2.18. The Labute approximate surface area is 55.4 Å². The van der Waals surface area contributed by atoms with Crippen molar-refractivity contribution in [3.8, 4) is 12.3 Å². The summed E-state index contributed by atoms with van der Waals surface area (Å²) in [5.74, 6) is 2.75. The zero-order valence-electron chi connectivity index (χ0n) is 5.25. The minimum Gasteiger partial charge on any atom is -0.392 e. The van der Waals surface area contributed by atoms with Gasteiger partial charge in [-0.3, -0.25) is 0 Å². The van der Waals surface area contributed by atoms with Crippen LogP contribution in [-0.4, -0.2) is 11.2 Å². The largest absolute Gasteiger partial charge is 0.392 e. The molecule has 0 aliphatic heterocycles. The summed E-state index contributed by atoms with van der Waals surface area (Å²) in [4.78, 5) is 0. The van der Waals surface area contributed by atoms with Crippen molar-refractivity contribution in [2.45, 2.75) is 18.9 Å². The van der Waals surface area contributed by atoms with Crippen LogP contribution < -0.4 is 0 Å². The van der Waals surface area contributed by atoms with E-state index >= 15 is 0 Å². The van der Waals surface area contributed by atoms with Crippen LogP contribution in [0.5, 0.6) is 0 Å². The van der Waals surface area contributed by atoms with Gasteiger partial charge in [-0.25, -0.2) is 0 Å². The van der Waals surface area contributed by atoms with Crippen molar-refractivity contribution in [1.82, 2.24) is 0 Å². The molecule has 2 atom stereocenters. The SMILES string of the molecule is C#CC[C@@H]1C=CC[C@H]1O. The summed E-state index contributed by atoms with van der Waals surface area (Å²) in [6, 6.07) is 0. The van der Waals surface area contributed by atoms with E-state index in [1.165, 1.54) is 0 Å². The molecule has 0 radical (unpaired) electrons. The molecule has 0 fully saturated rings. The molecular weight excluding hydrogens is 112 g/mol. The zero-order valence-corrected chi connectivity index (χ0v) is 5.25. The van der Waals surface area contributed by atoms with Crippen LogP contribution in [0.3, 0.4) is 0 Å². The number of aliphatic hydroxyl groups is 1. The minimum absolute atomic E-state index is 0.218. The van der Waals surface area contributed by atoms with Crippen molar-refractivity contribution >= 4 is 0 Å². The Morgan fingerprint density at radius 1 is 1.78 bits per heavy atom. The van der Waals surface area contributed by atoms with E-state index in [-0.39, 0.29) is 12.0 Å². The zero-order chi connectivity index (χ0) is 6.69. The highest BCUT2D eigenvalue weighted by Crippen LogP contribution is 2.20. The monoisotopic (exact) mass is 122 g/mol. The lowest BCUT2D eigenvalue weighted by molar-refractivity contribution is 0.145. The summed E-state index contributed by atoms with van der Waals surface area (Å²) >= 11 is 0. The third-order valence-corrected chi connectivity index (χ3v) is 1.61. The maximum absolute atomic E-state index is 9.16. The van der Waals surface area contributed by atoms with E-state index in [4.69, 9.17) is 11.5 Å². The Bertz CT molecular complexity index is 152. The summed E-state index contributed by atoms with van der Waals surface area (Å²) in [7, 11) is 0. The van der Waals surface area contributed by atoms with Crippen molar-refractivity contribution in [2.75, 3.05) is 0 Å². The standard InChI is InChI=1S/C8H10O/c1-2-4-7-5-3-6-8(7)9/h1,3,5,7-9H,4,6H2/t7-,8-/m1/s1. The van der Waals surface area contributed by atoms with E-state index in [1.54, 1.807) is 0 Å². The molecule has 0 bridgehead atoms. The lowest BCUT2D eigenvalue weighted by Gasteiger charge is -2.08. The molecular formula is C8H10O. The van der Waals surface area contributed by atoms with Gasteiger partial charge in [-0.2, -0.15) is 0 Å². The molecule has 0 aromatic carbocycles. The minimum atomic E-state index is -0.221. The molecule has 0 saturated heterocycles. The van der Waals surface area contributed by atoms with Gasteiger partial charge in [0.05, 0.1) is 6.10 Å². The van der Waals surface area contributed by atoms with E-state index in [0.29, 0.717) is 6.42 Å². The molecule has 1 aliphatic rings. The Balaban J connectivity index is 2.42. The predicted octanol–water partition coefficient (Wildman–Crippen LogP) is 0.947. The Hall–Kier alpha value is -0.740. The molecule has 0 aromatic heterocycles. The molecule has 0 saturated carbocycles. The molecule has 0 spiro atoms. The number of aliphatic hydroxyl groups excluding tert-OH is 1. The van der Waals surface area contributed by atoms with E-state index in [0.717, 1.165) is 6.42 Å². The molecule has 9 heavy (non-hydrogen) atoms. The van der Waals surface area contributed by atoms with Crippen molar-refractivity contribution in [3.05, 3.63) is 12.2 Å². The second-order valence-electron chi connectivity index (χ2n) is 2.30. The Morgan fingerprint density at radius 3 is 3.00 bits per heavy atom. The maximum atomic E-state index is 9.16. The Morgan fingerprint density at radius 2 is 2.56 bits per heavy atom. The molecule has 1 N–H and O–H groups in total. The summed E-state index contributed by atoms with van der Waals surface area (Å²) in [5.41, 5.74) is 0. The van der Waals surface area contributed by atoms with Gasteiger partial charge in [-0.05, 0) is 6.42 Å². The first kappa shape index (κ1) is 6.38. The predicted molar refractivity (Wildman–Crippen MR) is 36.7 cm³/mol. The first-order valence-electron chi connectivity index (χ1n) is 3.13. The van der Waals surface area contributed by atoms with Crippen LogP contribution in [0.15, 0.2) is 12.2 Å². The molecule has 0 aromatic rings. The molecule has 0 unspecified atom stereocenters. The van der Waals surface area contributed by atoms with Gasteiger partial charge in [0.1, 0.15) is 0 Å². The van der Waals surface area contributed by atoms with Crippen molar-refractivity contribution in [2.24, 2.45) is 5.92 Å². The fourth-order valence-electron chi connectivity index (χ4n) is 1.04. The maximum Gasteiger partial charge on any atom is 0.0646 e. The average molecular weight is 122 g/mol. The first-order valence-corrected chi connectivity index (χ1v) is 3.13. The lowest BCUT2D eigenvalue weighted by Crippen LogP contribution is -2.12. The quantitative estimate of drug-likeness (QED) is 0.405. The molecule has 0 heterocycles. The van der Waals surface area contributed by atoms with Crippen LogP contribution in [0.1, 0.15) is 12.8 Å². The normalized spacial score (nSPS) is 32.4. The molecule has 0 amide bonds. The fourth-order valence-corrected chi connectivity index (χ4v) is 1.04. The third kappa shape index (κ3) is 1.34. The topological polar surface area (TPSA) is 20.2 Å². The van der Waals surface area contributed by atoms with E-state index < -0.39 is 0 Å². The fraction of sp³-hybridized carbons (Fsp3) is 0.500. The van der Waals surface area contributed by atoms with Crippen LogP contribution in [0.2, 0.25) is 0 Å². The summed E-state index contributed by atoms with van der Waals surface area (Å²) in [6.07, 6.45) is 10.3. The summed E-state index contributed by atoms with van der Waals surface area (Å²) in [6.45, 7) is 0. The number of hydrogen-bond donors (Lipinski definition) is 1. The van der Waals surface area contributed by atoms with Crippen LogP contribution in [0.4, 0.5) is 0 Å². The summed E-state index contributed by atoms with van der Waals surface area (Å²) in [5, 5.41) is 9.16. The van der Waals surface area contributed by atoms with Crippen LogP contribution >= 0.6 is 0 Å². The van der Waals surface area contributed by atoms with Crippen molar-refractivity contribution < 1.29 is 5.11 Å². The van der Waals surface area contributed by atoms with Gasteiger partial charge in [-0.1, -0.05) is 12.2 Å². The number of rotatable bonds is 1. The van der Waals surface area contributed by atoms with E-state index in [2.05, 4.69) is 5.92 Å². The molecule has 1 aliphatic carbocycles. The molecule has 1 nitrogen and oxygen atoms in total. The Kier molecular flexibility index (Phi) is 1.92. The van der Waals surface area contributed by atoms with Gasteiger partial charge in [0.15, 0.2) is 0 Å². The lowest BCUT2D eigenvalue weighted by atomic mass is 10.0. The van der Waals surface area contributed by atoms with Gasteiger partial charge in [-0.15, -0.1) is 12.3 Å². The van der Waals surface area contributed by atoms with Crippen LogP contribution in [0, 0.1) is 18.3 Å². The van der Waals surface area contributed by atoms with E-state index in [1.807, 2.05) is 12.2 Å². The second kappa shape index (κ2) is 2.70. The second-order valence-corrected chi connectivity index (χ2v) is 2.30. The third-order valence-electron chi connectivity index (χ3n) is 1.61. The van der Waals surface area contributed by atoms with Crippen LogP contribution in [0.25, 0.3) is 0 Å². The summed E-state index contributed by atoms with van der Waals surface area (Å²) < 4.78 is 0. The smallest absolute Gasteiger partial charge is 0.0646 e. The highest BCUT2D eigenvalue weighted by molar-refractivity contribution is 5.05. The van der Waals surface area contributed by atoms with Crippen molar-refractivity contribution in [1.29, 1.82) is 0 Å². The van der Waals surface area contributed by atoms with Gasteiger partial charge >= 0.3 is 0 Å². The van der Waals surface area contributed by atoms with Crippen molar-refractivity contribution in [3.63, 3.8) is 0 Å². The average Bonchev–Trinajstić information content (AvgIpc) is 2.18. The van der Waals surface area contributed by atoms with Gasteiger partial charge in [0.25, 0.3) is 0 Å². The molecule has 48 valence electrons. The highest BCUT2D eigenvalue weighted by atomic mass is 16.3. The molecule has 1 heteroatoms. The van der Waals surface area contributed by atoms with Crippen LogP contribution in [-0.2, 0) is 0 Å². The van der Waals surface area contributed by atoms with Gasteiger partial charge in [0, 0.05) is 12.3 Å². The van der Waals surface area contributed by atoms with Gasteiger partial charge < -0.3 is 5.11 Å². The van der Waals surface area contributed by atoms with E-state index in [9.17, 15) is 0 Å².